The molecule has 0 saturated heterocycles. The summed E-state index contributed by atoms with van der Waals surface area (Å²) in [6.45, 7) is -0.239. The van der Waals surface area contributed by atoms with Crippen LogP contribution in [0, 0.1) is 0 Å². The first-order chi connectivity index (χ1) is 14.3. The van der Waals surface area contributed by atoms with Gasteiger partial charge in [0.1, 0.15) is 5.75 Å². The Balaban J connectivity index is 1.79. The Labute approximate surface area is 177 Å². The van der Waals surface area contributed by atoms with Crippen LogP contribution in [0.4, 0.5) is 0 Å². The van der Waals surface area contributed by atoms with Gasteiger partial charge in [-0.1, -0.05) is 18.2 Å². The topological polar surface area (TPSA) is 117 Å². The van der Waals surface area contributed by atoms with Crippen LogP contribution in [0.15, 0.2) is 42.5 Å². The molecule has 0 aliphatic rings. The molecule has 164 valence electrons. The highest BCUT2D eigenvalue weighted by Crippen LogP contribution is 2.28. The van der Waals surface area contributed by atoms with E-state index < -0.39 is 15.9 Å². The fourth-order valence-corrected chi connectivity index (χ4v) is 3.24. The van der Waals surface area contributed by atoms with E-state index in [4.69, 9.17) is 19.3 Å². The molecule has 0 atom stereocenters. The van der Waals surface area contributed by atoms with E-state index in [0.29, 0.717) is 17.2 Å². The van der Waals surface area contributed by atoms with Gasteiger partial charge in [0.15, 0.2) is 18.1 Å². The molecule has 0 radical (unpaired) electrons. The standard InChI is InChI=1S/C21H28N2O6S/c1-27-19-10-9-17(14-20(19)28-2)6-3-5-16-7-4-8-18(13-16)29-15-21(24)23-11-12-30(22,25)26/h4,7-10,13-14H,3,5-6,11-12,15H2,1-2H3,(H,23,24)(H2,22,25,26). The highest BCUT2D eigenvalue weighted by molar-refractivity contribution is 7.89. The second kappa shape index (κ2) is 11.4. The molecule has 30 heavy (non-hydrogen) atoms. The Morgan fingerprint density at radius 3 is 2.37 bits per heavy atom. The van der Waals surface area contributed by atoms with Crippen molar-refractivity contribution in [3.05, 3.63) is 53.6 Å². The Morgan fingerprint density at radius 1 is 1.00 bits per heavy atom. The van der Waals surface area contributed by atoms with Gasteiger partial charge >= 0.3 is 0 Å². The van der Waals surface area contributed by atoms with Crippen LogP contribution in [0.3, 0.4) is 0 Å². The van der Waals surface area contributed by atoms with Gasteiger partial charge < -0.3 is 19.5 Å². The number of rotatable bonds is 12. The van der Waals surface area contributed by atoms with Crippen molar-refractivity contribution in [3.8, 4) is 17.2 Å². The van der Waals surface area contributed by atoms with Crippen molar-refractivity contribution in [3.63, 3.8) is 0 Å². The lowest BCUT2D eigenvalue weighted by atomic mass is 10.0. The number of primary sulfonamides is 1. The number of carbonyl (C=O) groups is 1. The summed E-state index contributed by atoms with van der Waals surface area (Å²) in [5, 5.41) is 7.34. The van der Waals surface area contributed by atoms with Gasteiger partial charge in [-0.15, -0.1) is 0 Å². The number of ether oxygens (including phenoxy) is 3. The summed E-state index contributed by atoms with van der Waals surface area (Å²) in [6, 6.07) is 13.5. The number of nitrogens with two attached hydrogens (primary N) is 1. The van der Waals surface area contributed by atoms with Crippen LogP contribution >= 0.6 is 0 Å². The highest BCUT2D eigenvalue weighted by Gasteiger charge is 2.07. The first-order valence-corrected chi connectivity index (χ1v) is 11.2. The maximum atomic E-state index is 11.7. The van der Waals surface area contributed by atoms with Gasteiger partial charge in [-0.25, -0.2) is 13.6 Å². The third-order valence-corrected chi connectivity index (χ3v) is 5.13. The average Bonchev–Trinajstić information content (AvgIpc) is 2.71. The number of carbonyl (C=O) groups excluding carboxylic acids is 1. The summed E-state index contributed by atoms with van der Waals surface area (Å²) in [5.41, 5.74) is 2.26. The summed E-state index contributed by atoms with van der Waals surface area (Å²) in [7, 11) is -0.367. The van der Waals surface area contributed by atoms with Gasteiger partial charge in [0, 0.05) is 6.54 Å². The minimum absolute atomic E-state index is 0.0444. The summed E-state index contributed by atoms with van der Waals surface area (Å²) >= 11 is 0. The van der Waals surface area contributed by atoms with E-state index in [1.165, 1.54) is 0 Å². The highest BCUT2D eigenvalue weighted by atomic mass is 32.2. The van der Waals surface area contributed by atoms with E-state index in [1.807, 2.05) is 36.4 Å². The molecule has 2 rings (SSSR count). The Morgan fingerprint density at radius 2 is 1.70 bits per heavy atom. The van der Waals surface area contributed by atoms with Gasteiger partial charge in [-0.3, -0.25) is 4.79 Å². The van der Waals surface area contributed by atoms with E-state index in [9.17, 15) is 13.2 Å². The molecular formula is C21H28N2O6S. The Hall–Kier alpha value is -2.78. The minimum Gasteiger partial charge on any atom is -0.493 e. The first-order valence-electron chi connectivity index (χ1n) is 9.50. The number of benzene rings is 2. The molecule has 0 spiro atoms. The average molecular weight is 437 g/mol. The molecule has 0 heterocycles. The van der Waals surface area contributed by atoms with Gasteiger partial charge in [0.25, 0.3) is 5.91 Å². The molecule has 2 aromatic carbocycles. The van der Waals surface area contributed by atoms with Crippen LogP contribution in [0.2, 0.25) is 0 Å². The lowest BCUT2D eigenvalue weighted by molar-refractivity contribution is -0.122. The van der Waals surface area contributed by atoms with Gasteiger partial charge in [0.2, 0.25) is 10.0 Å². The molecule has 1 amide bonds. The predicted molar refractivity (Wildman–Crippen MR) is 114 cm³/mol. The summed E-state index contributed by atoms with van der Waals surface area (Å²) < 4.78 is 37.8. The van der Waals surface area contributed by atoms with E-state index in [-0.39, 0.29) is 18.9 Å². The van der Waals surface area contributed by atoms with Crippen molar-refractivity contribution in [2.45, 2.75) is 19.3 Å². The number of aryl methyl sites for hydroxylation is 2. The molecule has 8 nitrogen and oxygen atoms in total. The number of hydrogen-bond donors (Lipinski definition) is 2. The molecule has 0 bridgehead atoms. The molecule has 0 unspecified atom stereocenters. The van der Waals surface area contributed by atoms with Crippen LogP contribution in [-0.4, -0.2) is 47.4 Å². The normalized spacial score (nSPS) is 11.0. The molecule has 9 heteroatoms. The zero-order valence-corrected chi connectivity index (χ0v) is 18.0. The van der Waals surface area contributed by atoms with E-state index in [1.54, 1.807) is 20.3 Å². The van der Waals surface area contributed by atoms with E-state index >= 15 is 0 Å². The summed E-state index contributed by atoms with van der Waals surface area (Å²) in [6.07, 6.45) is 2.68. The van der Waals surface area contributed by atoms with Crippen molar-refractivity contribution in [1.29, 1.82) is 0 Å². The number of sulfonamides is 1. The SMILES string of the molecule is COc1ccc(CCCc2cccc(OCC(=O)NCCS(N)(=O)=O)c2)cc1OC. The zero-order chi connectivity index (χ0) is 22.0. The van der Waals surface area contributed by atoms with Crippen molar-refractivity contribution in [2.24, 2.45) is 5.14 Å². The molecule has 0 saturated carbocycles. The maximum Gasteiger partial charge on any atom is 0.257 e. The van der Waals surface area contributed by atoms with Gasteiger partial charge in [-0.2, -0.15) is 0 Å². The summed E-state index contributed by atoms with van der Waals surface area (Å²) in [4.78, 5) is 11.7. The third kappa shape index (κ3) is 8.30. The van der Waals surface area contributed by atoms with Gasteiger partial charge in [-0.05, 0) is 54.7 Å². The molecule has 0 aromatic heterocycles. The van der Waals surface area contributed by atoms with Crippen LogP contribution in [0.5, 0.6) is 17.2 Å². The van der Waals surface area contributed by atoms with Gasteiger partial charge in [0.05, 0.1) is 20.0 Å². The number of hydrogen-bond acceptors (Lipinski definition) is 6. The molecule has 0 fully saturated rings. The quantitative estimate of drug-likeness (QED) is 0.523. The molecule has 2 aromatic rings. The molecule has 0 aliphatic heterocycles. The predicted octanol–water partition coefficient (Wildman–Crippen LogP) is 1.66. The fraction of sp³-hybridized carbons (Fsp3) is 0.381. The Kier molecular flexibility index (Phi) is 8.94. The largest absolute Gasteiger partial charge is 0.493 e. The lowest BCUT2D eigenvalue weighted by Gasteiger charge is -2.10. The van der Waals surface area contributed by atoms with Crippen molar-refractivity contribution in [2.75, 3.05) is 33.1 Å². The van der Waals surface area contributed by atoms with Crippen LogP contribution < -0.4 is 24.7 Å². The second-order valence-corrected chi connectivity index (χ2v) is 8.43. The monoisotopic (exact) mass is 436 g/mol. The van der Waals surface area contributed by atoms with Crippen molar-refractivity contribution >= 4 is 15.9 Å². The summed E-state index contributed by atoms with van der Waals surface area (Å²) in [5.74, 6) is 1.29. The van der Waals surface area contributed by atoms with Crippen molar-refractivity contribution in [1.82, 2.24) is 5.32 Å². The van der Waals surface area contributed by atoms with Crippen LogP contribution in [0.1, 0.15) is 17.5 Å². The van der Waals surface area contributed by atoms with Crippen LogP contribution in [-0.2, 0) is 27.7 Å². The lowest BCUT2D eigenvalue weighted by Crippen LogP contribution is -2.34. The maximum absolute atomic E-state index is 11.7. The fourth-order valence-electron chi connectivity index (χ4n) is 2.86. The first kappa shape index (κ1) is 23.5. The third-order valence-electron chi connectivity index (χ3n) is 4.36. The van der Waals surface area contributed by atoms with Crippen LogP contribution in [0.25, 0.3) is 0 Å². The Bertz CT molecular complexity index is 946. The molecular weight excluding hydrogens is 408 g/mol. The number of methoxy groups -OCH3 is 2. The number of amides is 1. The zero-order valence-electron chi connectivity index (χ0n) is 17.2. The van der Waals surface area contributed by atoms with E-state index in [2.05, 4.69) is 5.32 Å². The van der Waals surface area contributed by atoms with E-state index in [0.717, 1.165) is 30.4 Å². The molecule has 0 aliphatic carbocycles. The number of nitrogens with one attached hydrogen (secondary N) is 1. The minimum atomic E-state index is -3.60. The smallest absolute Gasteiger partial charge is 0.257 e. The van der Waals surface area contributed by atoms with Crippen molar-refractivity contribution < 1.29 is 27.4 Å². The second-order valence-electron chi connectivity index (χ2n) is 6.70. The molecule has 3 N–H and O–H groups in total.